The van der Waals surface area contributed by atoms with Crippen LogP contribution in [0.25, 0.3) is 0 Å². The highest BCUT2D eigenvalue weighted by Crippen LogP contribution is 2.36. The molecule has 1 atom stereocenters. The molecular weight excluding hydrogens is 309 g/mol. The van der Waals surface area contributed by atoms with Crippen molar-refractivity contribution in [1.29, 1.82) is 0 Å². The van der Waals surface area contributed by atoms with Gasteiger partial charge < -0.3 is 14.8 Å². The van der Waals surface area contributed by atoms with Crippen molar-refractivity contribution in [2.75, 3.05) is 21.3 Å². The molecule has 0 fully saturated rings. The Labute approximate surface area is 134 Å². The third kappa shape index (κ3) is 3.43. The number of benzene rings is 2. The fourth-order valence-corrected chi connectivity index (χ4v) is 2.68. The van der Waals surface area contributed by atoms with E-state index in [-0.39, 0.29) is 6.04 Å². The zero-order valence-corrected chi connectivity index (χ0v) is 13.6. The first-order valence-electron chi connectivity index (χ1n) is 6.44. The molecule has 2 aromatic rings. The average molecular weight is 326 g/mol. The highest BCUT2D eigenvalue weighted by Gasteiger charge is 2.20. The molecule has 2 aromatic carbocycles. The molecule has 1 unspecified atom stereocenters. The van der Waals surface area contributed by atoms with Gasteiger partial charge in [-0.25, -0.2) is 0 Å². The predicted octanol–water partition coefficient (Wildman–Crippen LogP) is 4.32. The standard InChI is InChI=1S/C16H17Cl2NO2/c1-19-16(13-8-10(17)4-7-14(13)18)12-6-5-11(20-2)9-15(12)21-3/h4-9,16,19H,1-3H3. The Hall–Kier alpha value is -1.42. The van der Waals surface area contributed by atoms with E-state index in [0.717, 1.165) is 22.6 Å². The van der Waals surface area contributed by atoms with Crippen LogP contribution in [0.4, 0.5) is 0 Å². The molecule has 0 aliphatic carbocycles. The van der Waals surface area contributed by atoms with E-state index in [1.54, 1.807) is 26.4 Å². The van der Waals surface area contributed by atoms with Gasteiger partial charge in [-0.05, 0) is 42.9 Å². The molecule has 3 nitrogen and oxygen atoms in total. The molecule has 0 saturated carbocycles. The molecule has 0 aliphatic rings. The maximum Gasteiger partial charge on any atom is 0.127 e. The second-order valence-corrected chi connectivity index (χ2v) is 5.34. The molecule has 0 heterocycles. The number of hydrogen-bond donors (Lipinski definition) is 1. The van der Waals surface area contributed by atoms with Crippen molar-refractivity contribution in [2.45, 2.75) is 6.04 Å². The third-order valence-corrected chi connectivity index (χ3v) is 3.89. The lowest BCUT2D eigenvalue weighted by Crippen LogP contribution is -2.19. The summed E-state index contributed by atoms with van der Waals surface area (Å²) in [7, 11) is 5.12. The summed E-state index contributed by atoms with van der Waals surface area (Å²) in [5.74, 6) is 1.47. The Morgan fingerprint density at radius 2 is 1.71 bits per heavy atom. The van der Waals surface area contributed by atoms with Crippen LogP contribution >= 0.6 is 23.2 Å². The Morgan fingerprint density at radius 1 is 0.952 bits per heavy atom. The molecule has 112 valence electrons. The van der Waals surface area contributed by atoms with Gasteiger partial charge in [0.25, 0.3) is 0 Å². The summed E-state index contributed by atoms with van der Waals surface area (Å²) >= 11 is 12.4. The molecule has 1 N–H and O–H groups in total. The number of ether oxygens (including phenoxy) is 2. The zero-order valence-electron chi connectivity index (χ0n) is 12.1. The molecule has 0 spiro atoms. The van der Waals surface area contributed by atoms with Crippen LogP contribution in [0.15, 0.2) is 36.4 Å². The van der Waals surface area contributed by atoms with Gasteiger partial charge in [-0.15, -0.1) is 0 Å². The Morgan fingerprint density at radius 3 is 2.33 bits per heavy atom. The van der Waals surface area contributed by atoms with Gasteiger partial charge in [-0.2, -0.15) is 0 Å². The SMILES string of the molecule is CNC(c1cc(Cl)ccc1Cl)c1ccc(OC)cc1OC. The molecule has 2 rings (SSSR count). The monoisotopic (exact) mass is 325 g/mol. The molecule has 0 aromatic heterocycles. The highest BCUT2D eigenvalue weighted by atomic mass is 35.5. The molecule has 0 radical (unpaired) electrons. The average Bonchev–Trinajstić information content (AvgIpc) is 2.51. The van der Waals surface area contributed by atoms with E-state index in [9.17, 15) is 0 Å². The summed E-state index contributed by atoms with van der Waals surface area (Å²) < 4.78 is 10.7. The molecule has 0 amide bonds. The van der Waals surface area contributed by atoms with E-state index in [1.807, 2.05) is 31.3 Å². The fourth-order valence-electron chi connectivity index (χ4n) is 2.27. The first-order chi connectivity index (χ1) is 10.1. The van der Waals surface area contributed by atoms with Crippen LogP contribution in [-0.2, 0) is 0 Å². The maximum atomic E-state index is 6.31. The first kappa shape index (κ1) is 16.0. The zero-order chi connectivity index (χ0) is 15.4. The molecular formula is C16H17Cl2NO2. The minimum Gasteiger partial charge on any atom is -0.497 e. The van der Waals surface area contributed by atoms with E-state index in [0.29, 0.717) is 10.0 Å². The molecule has 0 aliphatic heterocycles. The van der Waals surface area contributed by atoms with Crippen LogP contribution in [-0.4, -0.2) is 21.3 Å². The Kier molecular flexibility index (Phi) is 5.34. The van der Waals surface area contributed by atoms with E-state index in [4.69, 9.17) is 32.7 Å². The van der Waals surface area contributed by atoms with Crippen LogP contribution < -0.4 is 14.8 Å². The number of hydrogen-bond acceptors (Lipinski definition) is 3. The van der Waals surface area contributed by atoms with Crippen molar-refractivity contribution in [1.82, 2.24) is 5.32 Å². The van der Waals surface area contributed by atoms with Crippen LogP contribution in [0, 0.1) is 0 Å². The largest absolute Gasteiger partial charge is 0.497 e. The van der Waals surface area contributed by atoms with Crippen LogP contribution in [0.3, 0.4) is 0 Å². The highest BCUT2D eigenvalue weighted by molar-refractivity contribution is 6.33. The normalized spacial score (nSPS) is 12.0. The Bertz CT molecular complexity index is 632. The van der Waals surface area contributed by atoms with Crippen LogP contribution in [0.5, 0.6) is 11.5 Å². The lowest BCUT2D eigenvalue weighted by molar-refractivity contribution is 0.388. The van der Waals surface area contributed by atoms with Crippen molar-refractivity contribution in [2.24, 2.45) is 0 Å². The quantitative estimate of drug-likeness (QED) is 0.888. The second-order valence-electron chi connectivity index (χ2n) is 4.50. The van der Waals surface area contributed by atoms with Gasteiger partial charge in [-0.3, -0.25) is 0 Å². The summed E-state index contributed by atoms with van der Waals surface area (Å²) in [5.41, 5.74) is 1.86. The van der Waals surface area contributed by atoms with Gasteiger partial charge in [0.05, 0.1) is 20.3 Å². The van der Waals surface area contributed by atoms with Crippen molar-refractivity contribution >= 4 is 23.2 Å². The van der Waals surface area contributed by atoms with Crippen LogP contribution in [0.2, 0.25) is 10.0 Å². The molecule has 5 heteroatoms. The number of methoxy groups -OCH3 is 2. The lowest BCUT2D eigenvalue weighted by Gasteiger charge is -2.21. The van der Waals surface area contributed by atoms with E-state index < -0.39 is 0 Å². The minimum absolute atomic E-state index is 0.128. The lowest BCUT2D eigenvalue weighted by atomic mass is 9.97. The van der Waals surface area contributed by atoms with E-state index in [2.05, 4.69) is 5.32 Å². The summed E-state index contributed by atoms with van der Waals surface area (Å²) in [6.45, 7) is 0. The summed E-state index contributed by atoms with van der Waals surface area (Å²) in [4.78, 5) is 0. The van der Waals surface area contributed by atoms with Gasteiger partial charge in [0, 0.05) is 21.7 Å². The van der Waals surface area contributed by atoms with Gasteiger partial charge in [-0.1, -0.05) is 23.2 Å². The number of halogens is 2. The fraction of sp³-hybridized carbons (Fsp3) is 0.250. The van der Waals surface area contributed by atoms with Gasteiger partial charge >= 0.3 is 0 Å². The molecule has 21 heavy (non-hydrogen) atoms. The maximum absolute atomic E-state index is 6.31. The van der Waals surface area contributed by atoms with Gasteiger partial charge in [0.1, 0.15) is 11.5 Å². The van der Waals surface area contributed by atoms with Crippen molar-refractivity contribution < 1.29 is 9.47 Å². The summed E-state index contributed by atoms with van der Waals surface area (Å²) in [5, 5.41) is 4.54. The predicted molar refractivity (Wildman–Crippen MR) is 86.9 cm³/mol. The topological polar surface area (TPSA) is 30.5 Å². The van der Waals surface area contributed by atoms with Crippen LogP contribution in [0.1, 0.15) is 17.2 Å². The summed E-state index contributed by atoms with van der Waals surface area (Å²) in [6, 6.07) is 11.0. The number of rotatable bonds is 5. The van der Waals surface area contributed by atoms with E-state index >= 15 is 0 Å². The third-order valence-electron chi connectivity index (χ3n) is 3.31. The van der Waals surface area contributed by atoms with Gasteiger partial charge in [0.15, 0.2) is 0 Å². The second kappa shape index (κ2) is 7.03. The first-order valence-corrected chi connectivity index (χ1v) is 7.20. The van der Waals surface area contributed by atoms with Crippen molar-refractivity contribution in [3.63, 3.8) is 0 Å². The summed E-state index contributed by atoms with van der Waals surface area (Å²) in [6.07, 6.45) is 0. The smallest absolute Gasteiger partial charge is 0.127 e. The van der Waals surface area contributed by atoms with Crippen molar-refractivity contribution in [3.8, 4) is 11.5 Å². The van der Waals surface area contributed by atoms with E-state index in [1.165, 1.54) is 0 Å². The van der Waals surface area contributed by atoms with Crippen molar-refractivity contribution in [3.05, 3.63) is 57.6 Å². The molecule has 0 saturated heterocycles. The minimum atomic E-state index is -0.128. The Balaban J connectivity index is 2.53. The van der Waals surface area contributed by atoms with Gasteiger partial charge in [0.2, 0.25) is 0 Å². The number of nitrogens with one attached hydrogen (secondary N) is 1. The molecule has 0 bridgehead atoms.